The first-order valence-electron chi connectivity index (χ1n) is 11.2. The molecule has 1 saturated heterocycles. The van der Waals surface area contributed by atoms with Crippen LogP contribution in [0.5, 0.6) is 0 Å². The second-order valence-corrected chi connectivity index (χ2v) is 8.81. The van der Waals surface area contributed by atoms with Gasteiger partial charge < -0.3 is 10.4 Å². The highest BCUT2D eigenvalue weighted by Gasteiger charge is 2.17. The molecule has 2 N–H and O–H groups in total. The second-order valence-electron chi connectivity index (χ2n) is 8.37. The first kappa shape index (κ1) is 23.0. The Morgan fingerprint density at radius 2 is 1.55 bits per heavy atom. The lowest BCUT2D eigenvalue weighted by molar-refractivity contribution is 0.0694. The molecule has 33 heavy (non-hydrogen) atoms. The number of amides is 1. The monoisotopic (exact) mass is 462 g/mol. The lowest BCUT2D eigenvalue weighted by Crippen LogP contribution is -2.25. The fraction of sp³-hybridized carbons (Fsp3) is 0.259. The zero-order chi connectivity index (χ0) is 23.2. The molecule has 0 spiro atoms. The average molecular weight is 463 g/mol. The van der Waals surface area contributed by atoms with Crippen molar-refractivity contribution < 1.29 is 14.7 Å². The van der Waals surface area contributed by atoms with Crippen LogP contribution >= 0.6 is 11.6 Å². The van der Waals surface area contributed by atoms with Crippen LogP contribution in [-0.4, -0.2) is 41.5 Å². The SMILES string of the molecule is O=C(NCCc1ccc(CN2CCCC2)c(C(=O)O)c1)c1ccc(-c2ccc(Cl)cc2)cc1. The molecule has 0 bridgehead atoms. The number of nitrogens with zero attached hydrogens (tertiary/aromatic N) is 1. The van der Waals surface area contributed by atoms with Gasteiger partial charge >= 0.3 is 5.97 Å². The molecule has 0 aromatic heterocycles. The van der Waals surface area contributed by atoms with Gasteiger partial charge in [0, 0.05) is 23.7 Å². The van der Waals surface area contributed by atoms with Crippen LogP contribution in [0.25, 0.3) is 11.1 Å². The number of carbonyl (C=O) groups excluding carboxylic acids is 1. The van der Waals surface area contributed by atoms with Gasteiger partial charge in [-0.2, -0.15) is 0 Å². The quantitative estimate of drug-likeness (QED) is 0.478. The summed E-state index contributed by atoms with van der Waals surface area (Å²) < 4.78 is 0. The third-order valence-electron chi connectivity index (χ3n) is 6.02. The minimum absolute atomic E-state index is 0.151. The molecule has 0 unspecified atom stereocenters. The van der Waals surface area contributed by atoms with Gasteiger partial charge in [-0.3, -0.25) is 9.69 Å². The van der Waals surface area contributed by atoms with Gasteiger partial charge in [0.1, 0.15) is 0 Å². The van der Waals surface area contributed by atoms with Gasteiger partial charge in [-0.25, -0.2) is 4.79 Å². The number of carbonyl (C=O) groups is 2. The zero-order valence-electron chi connectivity index (χ0n) is 18.4. The first-order valence-corrected chi connectivity index (χ1v) is 11.6. The number of aromatic carboxylic acids is 1. The summed E-state index contributed by atoms with van der Waals surface area (Å²) in [4.78, 5) is 26.6. The van der Waals surface area contributed by atoms with Crippen molar-refractivity contribution >= 4 is 23.5 Å². The van der Waals surface area contributed by atoms with E-state index in [1.54, 1.807) is 18.2 Å². The summed E-state index contributed by atoms with van der Waals surface area (Å²) in [6.07, 6.45) is 2.91. The maximum absolute atomic E-state index is 12.5. The maximum atomic E-state index is 12.5. The van der Waals surface area contributed by atoms with Crippen LogP contribution < -0.4 is 5.32 Å². The van der Waals surface area contributed by atoms with Crippen molar-refractivity contribution in [1.82, 2.24) is 10.2 Å². The van der Waals surface area contributed by atoms with Crippen LogP contribution in [0, 0.1) is 0 Å². The summed E-state index contributed by atoms with van der Waals surface area (Å²) in [5.41, 5.74) is 4.73. The highest BCUT2D eigenvalue weighted by Crippen LogP contribution is 2.22. The number of rotatable bonds is 8. The van der Waals surface area contributed by atoms with Gasteiger partial charge in [0.05, 0.1) is 5.56 Å². The minimum Gasteiger partial charge on any atom is -0.478 e. The van der Waals surface area contributed by atoms with Gasteiger partial charge in [0.2, 0.25) is 0 Å². The predicted octanol–water partition coefficient (Wildman–Crippen LogP) is 5.27. The van der Waals surface area contributed by atoms with Crippen LogP contribution in [0.4, 0.5) is 0 Å². The smallest absolute Gasteiger partial charge is 0.336 e. The number of carboxylic acid groups (broad SMARTS) is 1. The summed E-state index contributed by atoms with van der Waals surface area (Å²) in [6.45, 7) is 3.15. The van der Waals surface area contributed by atoms with E-state index in [2.05, 4.69) is 10.2 Å². The molecule has 3 aromatic rings. The molecule has 1 aliphatic heterocycles. The number of hydrogen-bond acceptors (Lipinski definition) is 3. The molecule has 5 nitrogen and oxygen atoms in total. The average Bonchev–Trinajstić information content (AvgIpc) is 3.33. The number of halogens is 1. The van der Waals surface area contributed by atoms with E-state index in [1.807, 2.05) is 48.5 Å². The van der Waals surface area contributed by atoms with Crippen molar-refractivity contribution in [2.24, 2.45) is 0 Å². The molecule has 170 valence electrons. The Morgan fingerprint density at radius 1 is 0.909 bits per heavy atom. The van der Waals surface area contributed by atoms with Crippen molar-refractivity contribution in [3.8, 4) is 11.1 Å². The summed E-state index contributed by atoms with van der Waals surface area (Å²) in [5, 5.41) is 13.3. The highest BCUT2D eigenvalue weighted by molar-refractivity contribution is 6.30. The van der Waals surface area contributed by atoms with Gasteiger partial charge in [0.25, 0.3) is 5.91 Å². The van der Waals surface area contributed by atoms with E-state index in [9.17, 15) is 14.7 Å². The lowest BCUT2D eigenvalue weighted by Gasteiger charge is -2.17. The Balaban J connectivity index is 1.33. The van der Waals surface area contributed by atoms with Gasteiger partial charge in [-0.05, 0) is 84.9 Å². The topological polar surface area (TPSA) is 69.6 Å². The van der Waals surface area contributed by atoms with Crippen molar-refractivity contribution in [1.29, 1.82) is 0 Å². The third kappa shape index (κ3) is 6.01. The van der Waals surface area contributed by atoms with E-state index < -0.39 is 5.97 Å². The Morgan fingerprint density at radius 3 is 2.18 bits per heavy atom. The summed E-state index contributed by atoms with van der Waals surface area (Å²) in [7, 11) is 0. The Bertz CT molecular complexity index is 1120. The zero-order valence-corrected chi connectivity index (χ0v) is 19.1. The van der Waals surface area contributed by atoms with Crippen LogP contribution in [0.15, 0.2) is 66.7 Å². The second kappa shape index (κ2) is 10.6. The van der Waals surface area contributed by atoms with Crippen LogP contribution in [0.2, 0.25) is 5.02 Å². The Kier molecular flexibility index (Phi) is 7.43. The van der Waals surface area contributed by atoms with Crippen LogP contribution in [0.3, 0.4) is 0 Å². The van der Waals surface area contributed by atoms with Crippen molar-refractivity contribution in [2.75, 3.05) is 19.6 Å². The lowest BCUT2D eigenvalue weighted by atomic mass is 10.0. The molecule has 4 rings (SSSR count). The van der Waals surface area contributed by atoms with E-state index in [1.165, 1.54) is 12.8 Å². The van der Waals surface area contributed by atoms with Crippen molar-refractivity contribution in [3.05, 3.63) is 94.0 Å². The third-order valence-corrected chi connectivity index (χ3v) is 6.27. The molecular weight excluding hydrogens is 436 g/mol. The molecule has 1 amide bonds. The van der Waals surface area contributed by atoms with Crippen molar-refractivity contribution in [2.45, 2.75) is 25.8 Å². The molecule has 0 atom stereocenters. The van der Waals surface area contributed by atoms with E-state index in [-0.39, 0.29) is 5.91 Å². The first-order chi connectivity index (χ1) is 16.0. The van der Waals surface area contributed by atoms with Crippen LogP contribution in [0.1, 0.15) is 44.7 Å². The number of hydrogen-bond donors (Lipinski definition) is 2. The number of nitrogens with one attached hydrogen (secondary N) is 1. The number of benzene rings is 3. The van der Waals surface area contributed by atoms with E-state index >= 15 is 0 Å². The minimum atomic E-state index is -0.907. The van der Waals surface area contributed by atoms with E-state index in [0.717, 1.165) is 35.3 Å². The van der Waals surface area contributed by atoms with Gasteiger partial charge in [-0.1, -0.05) is 48.0 Å². The Hall–Kier alpha value is -3.15. The molecule has 1 aliphatic rings. The molecular formula is C27H27ClN2O3. The predicted molar refractivity (Wildman–Crippen MR) is 131 cm³/mol. The largest absolute Gasteiger partial charge is 0.478 e. The fourth-order valence-corrected chi connectivity index (χ4v) is 4.30. The van der Waals surface area contributed by atoms with E-state index in [0.29, 0.717) is 35.7 Å². The van der Waals surface area contributed by atoms with Gasteiger partial charge in [-0.15, -0.1) is 0 Å². The molecule has 0 radical (unpaired) electrons. The highest BCUT2D eigenvalue weighted by atomic mass is 35.5. The summed E-state index contributed by atoms with van der Waals surface area (Å²) in [6, 6.07) is 20.6. The molecule has 0 aliphatic carbocycles. The van der Waals surface area contributed by atoms with Gasteiger partial charge in [0.15, 0.2) is 0 Å². The molecule has 6 heteroatoms. The van der Waals surface area contributed by atoms with E-state index in [4.69, 9.17) is 11.6 Å². The van der Waals surface area contributed by atoms with Crippen molar-refractivity contribution in [3.63, 3.8) is 0 Å². The number of carboxylic acids is 1. The molecule has 0 saturated carbocycles. The normalized spacial score (nSPS) is 13.7. The van der Waals surface area contributed by atoms with Crippen LogP contribution in [-0.2, 0) is 13.0 Å². The standard InChI is InChI=1S/C27H27ClN2O3/c28-24-11-9-21(10-12-24)20-5-7-22(8-6-20)26(31)29-14-13-19-3-4-23(25(17-19)27(32)33)18-30-15-1-2-16-30/h3-12,17H,1-2,13-16,18H2,(H,29,31)(H,32,33). The fourth-order valence-electron chi connectivity index (χ4n) is 4.18. The maximum Gasteiger partial charge on any atom is 0.336 e. The number of likely N-dealkylation sites (tertiary alicyclic amines) is 1. The molecule has 1 heterocycles. The molecule has 1 fully saturated rings. The molecule has 3 aromatic carbocycles. The summed E-state index contributed by atoms with van der Waals surface area (Å²) in [5.74, 6) is -1.06. The Labute approximate surface area is 199 Å². The summed E-state index contributed by atoms with van der Waals surface area (Å²) >= 11 is 5.94.